The number of benzene rings is 1. The summed E-state index contributed by atoms with van der Waals surface area (Å²) in [5, 5.41) is 5.70. The summed E-state index contributed by atoms with van der Waals surface area (Å²) in [7, 11) is 0. The van der Waals surface area contributed by atoms with Gasteiger partial charge in [-0.05, 0) is 24.8 Å². The third-order valence-electron chi connectivity index (χ3n) is 5.20. The highest BCUT2D eigenvalue weighted by molar-refractivity contribution is 5.85. The Morgan fingerprint density at radius 1 is 1.18 bits per heavy atom. The van der Waals surface area contributed by atoms with Crippen LogP contribution in [0.3, 0.4) is 0 Å². The molecule has 2 aliphatic carbocycles. The van der Waals surface area contributed by atoms with Gasteiger partial charge in [-0.2, -0.15) is 0 Å². The lowest BCUT2D eigenvalue weighted by Gasteiger charge is -2.60. The van der Waals surface area contributed by atoms with Gasteiger partial charge in [-0.1, -0.05) is 36.8 Å². The van der Waals surface area contributed by atoms with Crippen molar-refractivity contribution >= 4 is 11.8 Å². The number of carbonyl (C=O) groups excluding carboxylic acids is 2. The zero-order valence-corrected chi connectivity index (χ0v) is 12.7. The van der Waals surface area contributed by atoms with Crippen LogP contribution in [-0.2, 0) is 16.0 Å². The smallest absolute Gasteiger partial charge is 0.239 e. The molecule has 1 aromatic rings. The number of hydrogen-bond acceptors (Lipinski definition) is 3. The summed E-state index contributed by atoms with van der Waals surface area (Å²) in [6.45, 7) is 0.0352. The monoisotopic (exact) mass is 301 g/mol. The molecule has 2 fully saturated rings. The van der Waals surface area contributed by atoms with Gasteiger partial charge >= 0.3 is 0 Å². The summed E-state index contributed by atoms with van der Waals surface area (Å²) >= 11 is 0. The number of nitrogens with two attached hydrogens (primary N) is 1. The highest BCUT2D eigenvalue weighted by atomic mass is 16.2. The van der Waals surface area contributed by atoms with E-state index in [0.29, 0.717) is 6.42 Å². The van der Waals surface area contributed by atoms with Gasteiger partial charge in [0.05, 0.1) is 13.0 Å². The van der Waals surface area contributed by atoms with Crippen molar-refractivity contribution in [2.75, 3.05) is 6.54 Å². The van der Waals surface area contributed by atoms with E-state index in [1.165, 1.54) is 6.42 Å². The van der Waals surface area contributed by atoms with Gasteiger partial charge in [0.2, 0.25) is 11.8 Å². The van der Waals surface area contributed by atoms with E-state index in [2.05, 4.69) is 10.6 Å². The third-order valence-corrected chi connectivity index (χ3v) is 5.20. The van der Waals surface area contributed by atoms with Gasteiger partial charge in [-0.25, -0.2) is 0 Å². The van der Waals surface area contributed by atoms with Crippen LogP contribution in [0.15, 0.2) is 30.3 Å². The van der Waals surface area contributed by atoms with Crippen molar-refractivity contribution in [2.45, 2.75) is 44.2 Å². The Bertz CT molecular complexity index is 554. The fourth-order valence-electron chi connectivity index (χ4n) is 3.60. The molecule has 0 radical (unpaired) electrons. The SMILES string of the molecule is NC1CC(NC(=O)CNC(=O)Cc2ccccc2)C12CCC2. The van der Waals surface area contributed by atoms with Gasteiger partial charge in [0.25, 0.3) is 0 Å². The predicted octanol–water partition coefficient (Wildman–Crippen LogP) is 0.731. The van der Waals surface area contributed by atoms with Crippen LogP contribution in [0, 0.1) is 5.41 Å². The van der Waals surface area contributed by atoms with Gasteiger partial charge in [0.1, 0.15) is 0 Å². The van der Waals surface area contributed by atoms with Crippen molar-refractivity contribution in [2.24, 2.45) is 11.1 Å². The Morgan fingerprint density at radius 3 is 2.50 bits per heavy atom. The highest BCUT2D eigenvalue weighted by Gasteiger charge is 2.56. The largest absolute Gasteiger partial charge is 0.351 e. The molecule has 2 aliphatic rings. The van der Waals surface area contributed by atoms with Crippen molar-refractivity contribution in [1.29, 1.82) is 0 Å². The summed E-state index contributed by atoms with van der Waals surface area (Å²) in [5.41, 5.74) is 7.16. The lowest BCUT2D eigenvalue weighted by atomic mass is 9.50. The fraction of sp³-hybridized carbons (Fsp3) is 0.529. The molecule has 2 unspecified atom stereocenters. The molecule has 5 nitrogen and oxygen atoms in total. The second kappa shape index (κ2) is 6.08. The van der Waals surface area contributed by atoms with Crippen molar-refractivity contribution in [3.63, 3.8) is 0 Å². The molecule has 4 N–H and O–H groups in total. The highest BCUT2D eigenvalue weighted by Crippen LogP contribution is 2.54. The lowest BCUT2D eigenvalue weighted by Crippen LogP contribution is -2.70. The quantitative estimate of drug-likeness (QED) is 0.749. The third kappa shape index (κ3) is 2.86. The minimum absolute atomic E-state index is 0.0352. The first kappa shape index (κ1) is 15.0. The molecular formula is C17H23N3O2. The van der Waals surface area contributed by atoms with Crippen molar-refractivity contribution in [3.8, 4) is 0 Å². The van der Waals surface area contributed by atoms with Crippen LogP contribution >= 0.6 is 0 Å². The average Bonchev–Trinajstić information content (AvgIpc) is 2.44. The molecule has 0 aromatic heterocycles. The van der Waals surface area contributed by atoms with E-state index in [-0.39, 0.29) is 35.9 Å². The van der Waals surface area contributed by atoms with Crippen LogP contribution in [0.25, 0.3) is 0 Å². The molecule has 0 aliphatic heterocycles. The van der Waals surface area contributed by atoms with Crippen LogP contribution < -0.4 is 16.4 Å². The van der Waals surface area contributed by atoms with E-state index in [9.17, 15) is 9.59 Å². The minimum Gasteiger partial charge on any atom is -0.351 e. The molecule has 2 atom stereocenters. The minimum atomic E-state index is -0.134. The maximum absolute atomic E-state index is 12.0. The van der Waals surface area contributed by atoms with E-state index in [4.69, 9.17) is 5.73 Å². The summed E-state index contributed by atoms with van der Waals surface area (Å²) in [4.78, 5) is 23.8. The van der Waals surface area contributed by atoms with Crippen LogP contribution in [0.1, 0.15) is 31.2 Å². The Labute approximate surface area is 130 Å². The first-order valence-electron chi connectivity index (χ1n) is 7.96. The lowest BCUT2D eigenvalue weighted by molar-refractivity contribution is -0.129. The molecule has 3 rings (SSSR count). The van der Waals surface area contributed by atoms with E-state index in [1.807, 2.05) is 30.3 Å². The fourth-order valence-corrected chi connectivity index (χ4v) is 3.60. The van der Waals surface area contributed by atoms with Crippen molar-refractivity contribution < 1.29 is 9.59 Å². The van der Waals surface area contributed by atoms with Gasteiger partial charge in [0.15, 0.2) is 0 Å². The van der Waals surface area contributed by atoms with Crippen molar-refractivity contribution in [1.82, 2.24) is 10.6 Å². The van der Waals surface area contributed by atoms with Crippen molar-refractivity contribution in [3.05, 3.63) is 35.9 Å². The summed E-state index contributed by atoms with van der Waals surface area (Å²) in [6, 6.07) is 9.91. The molecule has 5 heteroatoms. The number of amides is 2. The zero-order chi connectivity index (χ0) is 15.6. The van der Waals surface area contributed by atoms with Gasteiger partial charge in [-0.3, -0.25) is 9.59 Å². The second-order valence-electron chi connectivity index (χ2n) is 6.49. The van der Waals surface area contributed by atoms with Crippen LogP contribution in [0.4, 0.5) is 0 Å². The molecule has 1 spiro atoms. The Morgan fingerprint density at radius 2 is 1.91 bits per heavy atom. The number of hydrogen-bond donors (Lipinski definition) is 3. The maximum Gasteiger partial charge on any atom is 0.239 e. The summed E-state index contributed by atoms with van der Waals surface area (Å²) < 4.78 is 0. The molecule has 2 amide bonds. The molecule has 1 aromatic carbocycles. The molecule has 0 saturated heterocycles. The molecule has 2 saturated carbocycles. The number of carbonyl (C=O) groups is 2. The summed E-state index contributed by atoms with van der Waals surface area (Å²) in [6.07, 6.45) is 4.57. The van der Waals surface area contributed by atoms with E-state index in [1.54, 1.807) is 0 Å². The standard InChI is InChI=1S/C17H23N3O2/c18-13-10-14(17(13)7-4-8-17)20-16(22)11-19-15(21)9-12-5-2-1-3-6-12/h1-3,5-6,13-14H,4,7-11,18H2,(H,19,21)(H,20,22). The Balaban J connectivity index is 1.40. The second-order valence-corrected chi connectivity index (χ2v) is 6.49. The number of nitrogens with one attached hydrogen (secondary N) is 2. The van der Waals surface area contributed by atoms with E-state index < -0.39 is 0 Å². The number of rotatable bonds is 5. The predicted molar refractivity (Wildman–Crippen MR) is 84.0 cm³/mol. The Kier molecular flexibility index (Phi) is 4.16. The average molecular weight is 301 g/mol. The van der Waals surface area contributed by atoms with Gasteiger partial charge < -0.3 is 16.4 Å². The Hall–Kier alpha value is -1.88. The molecule has 22 heavy (non-hydrogen) atoms. The maximum atomic E-state index is 12.0. The van der Waals surface area contributed by atoms with Gasteiger partial charge in [-0.15, -0.1) is 0 Å². The zero-order valence-electron chi connectivity index (χ0n) is 12.7. The van der Waals surface area contributed by atoms with Gasteiger partial charge in [0, 0.05) is 17.5 Å². The molecule has 0 heterocycles. The first-order valence-corrected chi connectivity index (χ1v) is 7.96. The van der Waals surface area contributed by atoms with Crippen LogP contribution in [0.5, 0.6) is 0 Å². The summed E-state index contributed by atoms with van der Waals surface area (Å²) in [5.74, 6) is -0.255. The molecule has 118 valence electrons. The van der Waals surface area contributed by atoms with Crippen LogP contribution in [0.2, 0.25) is 0 Å². The van der Waals surface area contributed by atoms with Crippen LogP contribution in [-0.4, -0.2) is 30.4 Å². The van der Waals surface area contributed by atoms with E-state index >= 15 is 0 Å². The normalized spacial score (nSPS) is 25.0. The molecule has 0 bridgehead atoms. The molecular weight excluding hydrogens is 278 g/mol. The first-order chi connectivity index (χ1) is 10.6. The van der Waals surface area contributed by atoms with E-state index in [0.717, 1.165) is 24.8 Å². The topological polar surface area (TPSA) is 84.2 Å².